The van der Waals surface area contributed by atoms with Crippen LogP contribution in [0.2, 0.25) is 0 Å². The van der Waals surface area contributed by atoms with E-state index in [-0.39, 0.29) is 6.42 Å². The van der Waals surface area contributed by atoms with Crippen molar-refractivity contribution < 1.29 is 14.6 Å². The van der Waals surface area contributed by atoms with Crippen LogP contribution in [0, 0.1) is 0 Å². The average molecular weight is 355 g/mol. The van der Waals surface area contributed by atoms with Crippen molar-refractivity contribution in [3.05, 3.63) is 40.5 Å². The first kappa shape index (κ1) is 14.8. The third-order valence-electron chi connectivity index (χ3n) is 2.37. The monoisotopic (exact) mass is 354 g/mol. The summed E-state index contributed by atoms with van der Waals surface area (Å²) in [6.07, 6.45) is 1.65. The second-order valence-corrected chi connectivity index (χ2v) is 5.72. The Morgan fingerprint density at radius 2 is 2.10 bits per heavy atom. The van der Waals surface area contributed by atoms with E-state index < -0.39 is 5.97 Å². The van der Waals surface area contributed by atoms with Crippen LogP contribution in [-0.2, 0) is 11.2 Å². The Balaban J connectivity index is 2.11. The Morgan fingerprint density at radius 3 is 2.70 bits per heavy atom. The smallest absolute Gasteiger partial charge is 0.307 e. The van der Waals surface area contributed by atoms with Gasteiger partial charge in [-0.25, -0.2) is 4.98 Å². The molecule has 5 nitrogen and oxygen atoms in total. The first-order valence-corrected chi connectivity index (χ1v) is 7.24. The summed E-state index contributed by atoms with van der Waals surface area (Å²) in [6.45, 7) is 0. The highest BCUT2D eigenvalue weighted by atomic mass is 79.9. The number of ether oxygens (including phenoxy) is 1. The molecule has 0 aliphatic carbocycles. The van der Waals surface area contributed by atoms with Crippen LogP contribution in [-0.4, -0.2) is 28.2 Å². The van der Waals surface area contributed by atoms with Gasteiger partial charge >= 0.3 is 5.97 Å². The standard InChI is InChI=1S/C13H11BrN2O3S/c1-19-12-10(14)7-15-13(16-12)20-9-4-2-8(3-5-9)6-11(17)18/h2-5,7H,6H2,1H3,(H,17,18). The van der Waals surface area contributed by atoms with E-state index in [2.05, 4.69) is 25.9 Å². The zero-order valence-electron chi connectivity index (χ0n) is 10.5. The Kier molecular flexibility index (Phi) is 4.97. The second kappa shape index (κ2) is 6.71. The number of hydrogen-bond donors (Lipinski definition) is 1. The summed E-state index contributed by atoms with van der Waals surface area (Å²) in [5.41, 5.74) is 0.760. The molecule has 0 radical (unpaired) electrons. The van der Waals surface area contributed by atoms with Crippen molar-refractivity contribution in [3.8, 4) is 5.88 Å². The number of carbonyl (C=O) groups is 1. The summed E-state index contributed by atoms with van der Waals surface area (Å²) < 4.78 is 5.81. The van der Waals surface area contributed by atoms with E-state index in [9.17, 15) is 4.79 Å². The third-order valence-corrected chi connectivity index (χ3v) is 3.80. The molecule has 2 rings (SSSR count). The number of hydrogen-bond acceptors (Lipinski definition) is 5. The Hall–Kier alpha value is -1.60. The molecular weight excluding hydrogens is 344 g/mol. The summed E-state index contributed by atoms with van der Waals surface area (Å²) in [6, 6.07) is 7.26. The highest BCUT2D eigenvalue weighted by Gasteiger charge is 2.07. The largest absolute Gasteiger partial charge is 0.481 e. The number of aromatic nitrogens is 2. The van der Waals surface area contributed by atoms with Crippen LogP contribution in [0.1, 0.15) is 5.56 Å². The minimum absolute atomic E-state index is 0.0214. The lowest BCUT2D eigenvalue weighted by Crippen LogP contribution is -1.99. The van der Waals surface area contributed by atoms with Crippen LogP contribution < -0.4 is 4.74 Å². The molecule has 0 amide bonds. The van der Waals surface area contributed by atoms with Gasteiger partial charge in [0.2, 0.25) is 5.88 Å². The van der Waals surface area contributed by atoms with Crippen molar-refractivity contribution in [2.75, 3.05) is 7.11 Å². The van der Waals surface area contributed by atoms with Gasteiger partial charge in [0.25, 0.3) is 0 Å². The van der Waals surface area contributed by atoms with Gasteiger partial charge in [0, 0.05) is 11.1 Å². The third kappa shape index (κ3) is 3.94. The lowest BCUT2D eigenvalue weighted by atomic mass is 10.2. The molecule has 0 bridgehead atoms. The highest BCUT2D eigenvalue weighted by Crippen LogP contribution is 2.29. The van der Waals surface area contributed by atoms with Crippen molar-refractivity contribution in [1.82, 2.24) is 9.97 Å². The maximum absolute atomic E-state index is 10.6. The fourth-order valence-electron chi connectivity index (χ4n) is 1.48. The van der Waals surface area contributed by atoms with Crippen molar-refractivity contribution in [2.45, 2.75) is 16.5 Å². The number of carboxylic acids is 1. The van der Waals surface area contributed by atoms with Crippen LogP contribution in [0.25, 0.3) is 0 Å². The molecule has 0 aliphatic rings. The Morgan fingerprint density at radius 1 is 1.40 bits per heavy atom. The molecule has 0 saturated carbocycles. The van der Waals surface area contributed by atoms with Gasteiger partial charge in [0.05, 0.1) is 18.0 Å². The van der Waals surface area contributed by atoms with E-state index in [0.717, 1.165) is 10.5 Å². The molecule has 20 heavy (non-hydrogen) atoms. The average Bonchev–Trinajstić information content (AvgIpc) is 2.42. The van der Waals surface area contributed by atoms with Crippen LogP contribution in [0.15, 0.2) is 45.0 Å². The van der Waals surface area contributed by atoms with Gasteiger partial charge in [-0.15, -0.1) is 0 Å². The highest BCUT2D eigenvalue weighted by molar-refractivity contribution is 9.10. The van der Waals surface area contributed by atoms with Gasteiger partial charge in [-0.1, -0.05) is 12.1 Å². The molecule has 7 heteroatoms. The van der Waals surface area contributed by atoms with Crippen LogP contribution in [0.3, 0.4) is 0 Å². The topological polar surface area (TPSA) is 72.3 Å². The predicted molar refractivity (Wildman–Crippen MR) is 78.2 cm³/mol. The molecule has 104 valence electrons. The van der Waals surface area contributed by atoms with Gasteiger partial charge in [0.15, 0.2) is 5.16 Å². The number of nitrogens with zero attached hydrogens (tertiary/aromatic N) is 2. The normalized spacial score (nSPS) is 10.3. The number of halogens is 1. The summed E-state index contributed by atoms with van der Waals surface area (Å²) in [7, 11) is 1.54. The van der Waals surface area contributed by atoms with E-state index >= 15 is 0 Å². The van der Waals surface area contributed by atoms with Crippen LogP contribution in [0.4, 0.5) is 0 Å². The number of benzene rings is 1. The minimum atomic E-state index is -0.841. The number of rotatable bonds is 5. The number of aliphatic carboxylic acids is 1. The van der Waals surface area contributed by atoms with Crippen molar-refractivity contribution in [2.24, 2.45) is 0 Å². The maximum atomic E-state index is 10.6. The molecule has 0 atom stereocenters. The molecule has 1 aromatic carbocycles. The van der Waals surface area contributed by atoms with Crippen molar-refractivity contribution in [1.29, 1.82) is 0 Å². The lowest BCUT2D eigenvalue weighted by molar-refractivity contribution is -0.136. The van der Waals surface area contributed by atoms with Gasteiger partial charge in [-0.3, -0.25) is 4.79 Å². The minimum Gasteiger partial charge on any atom is -0.481 e. The van der Waals surface area contributed by atoms with Gasteiger partial charge in [-0.2, -0.15) is 4.98 Å². The van der Waals surface area contributed by atoms with Crippen molar-refractivity contribution >= 4 is 33.7 Å². The Labute approximate surface area is 128 Å². The summed E-state index contributed by atoms with van der Waals surface area (Å²) in [5.74, 6) is -0.364. The molecule has 1 heterocycles. The maximum Gasteiger partial charge on any atom is 0.307 e. The quantitative estimate of drug-likeness (QED) is 0.832. The fraction of sp³-hybridized carbons (Fsp3) is 0.154. The first-order valence-electron chi connectivity index (χ1n) is 5.63. The molecule has 0 spiro atoms. The SMILES string of the molecule is COc1nc(Sc2ccc(CC(=O)O)cc2)ncc1Br. The first-order chi connectivity index (χ1) is 9.58. The molecule has 1 aromatic heterocycles. The van der Waals surface area contributed by atoms with Gasteiger partial charge < -0.3 is 9.84 Å². The molecule has 0 unspecified atom stereocenters. The molecule has 1 N–H and O–H groups in total. The van der Waals surface area contributed by atoms with E-state index in [4.69, 9.17) is 9.84 Å². The number of carboxylic acid groups (broad SMARTS) is 1. The Bertz CT molecular complexity index is 620. The predicted octanol–water partition coefficient (Wildman–Crippen LogP) is 3.03. The van der Waals surface area contributed by atoms with Gasteiger partial charge in [0.1, 0.15) is 0 Å². The van der Waals surface area contributed by atoms with Gasteiger partial charge in [-0.05, 0) is 45.4 Å². The zero-order chi connectivity index (χ0) is 14.5. The lowest BCUT2D eigenvalue weighted by Gasteiger charge is -2.05. The molecule has 0 saturated heterocycles. The molecule has 0 aliphatic heterocycles. The molecular formula is C13H11BrN2O3S. The van der Waals surface area contributed by atoms with E-state index in [1.807, 2.05) is 12.1 Å². The summed E-state index contributed by atoms with van der Waals surface area (Å²) in [4.78, 5) is 20.0. The fourth-order valence-corrected chi connectivity index (χ4v) is 2.55. The van der Waals surface area contributed by atoms with E-state index in [1.54, 1.807) is 25.4 Å². The molecule has 2 aromatic rings. The molecule has 0 fully saturated rings. The van der Waals surface area contributed by atoms with Crippen molar-refractivity contribution in [3.63, 3.8) is 0 Å². The van der Waals surface area contributed by atoms with E-state index in [1.165, 1.54) is 11.8 Å². The summed E-state index contributed by atoms with van der Waals surface area (Å²) in [5, 5.41) is 9.28. The van der Waals surface area contributed by atoms with Crippen LogP contribution in [0.5, 0.6) is 5.88 Å². The summed E-state index contributed by atoms with van der Waals surface area (Å²) >= 11 is 4.68. The van der Waals surface area contributed by atoms with E-state index in [0.29, 0.717) is 15.5 Å². The zero-order valence-corrected chi connectivity index (χ0v) is 12.9. The van der Waals surface area contributed by atoms with Crippen LogP contribution >= 0.6 is 27.7 Å². The second-order valence-electron chi connectivity index (χ2n) is 3.83. The number of methoxy groups -OCH3 is 1.